The van der Waals surface area contributed by atoms with Crippen LogP contribution >= 0.6 is 0 Å². The van der Waals surface area contributed by atoms with Crippen LogP contribution in [0.25, 0.3) is 0 Å². The Labute approximate surface area is 109 Å². The van der Waals surface area contributed by atoms with Crippen LogP contribution in [0, 0.1) is 0 Å². The molecule has 1 aliphatic heterocycles. The first-order valence-electron chi connectivity index (χ1n) is 7.14. The summed E-state index contributed by atoms with van der Waals surface area (Å²) in [6, 6.07) is 1.32. The van der Waals surface area contributed by atoms with Crippen LogP contribution in [-0.4, -0.2) is 28.6 Å². The van der Waals surface area contributed by atoms with Crippen molar-refractivity contribution in [2.75, 3.05) is 11.4 Å². The van der Waals surface area contributed by atoms with Crippen molar-refractivity contribution in [2.24, 2.45) is 0 Å². The van der Waals surface area contributed by atoms with E-state index in [1.807, 2.05) is 12.4 Å². The normalized spacial score (nSPS) is 24.3. The molecule has 0 amide bonds. The lowest BCUT2D eigenvalue weighted by Crippen LogP contribution is -2.38. The van der Waals surface area contributed by atoms with Crippen molar-refractivity contribution >= 4 is 5.82 Å². The third-order valence-corrected chi connectivity index (χ3v) is 3.92. The molecular formula is C14H22N4. The number of hydrogen-bond acceptors (Lipinski definition) is 4. The van der Waals surface area contributed by atoms with Crippen molar-refractivity contribution in [1.82, 2.24) is 15.3 Å². The van der Waals surface area contributed by atoms with Gasteiger partial charge in [0.05, 0.1) is 11.9 Å². The number of aromatic nitrogens is 2. The molecule has 2 heterocycles. The summed E-state index contributed by atoms with van der Waals surface area (Å²) in [5.41, 5.74) is 1.07. The molecule has 1 aliphatic carbocycles. The molecule has 1 saturated heterocycles. The van der Waals surface area contributed by atoms with E-state index in [2.05, 4.69) is 22.1 Å². The highest BCUT2D eigenvalue weighted by Gasteiger charge is 2.22. The maximum absolute atomic E-state index is 4.75. The third-order valence-electron chi connectivity index (χ3n) is 3.92. The number of piperidine rings is 1. The molecule has 1 saturated carbocycles. The Kier molecular flexibility index (Phi) is 3.46. The first-order valence-corrected chi connectivity index (χ1v) is 7.14. The second kappa shape index (κ2) is 5.22. The van der Waals surface area contributed by atoms with Crippen LogP contribution in [0.3, 0.4) is 0 Å². The van der Waals surface area contributed by atoms with Crippen molar-refractivity contribution in [1.29, 1.82) is 0 Å². The molecule has 1 aromatic heterocycles. The maximum atomic E-state index is 4.75. The standard InChI is InChI=1S/C14H22N4/c1-11-4-2-3-7-18(11)14-10-15-8-13(17-14)9-16-12-5-6-12/h8,10-12,16H,2-7,9H2,1H3. The van der Waals surface area contributed by atoms with Crippen LogP contribution in [0.15, 0.2) is 12.4 Å². The fourth-order valence-electron chi connectivity index (χ4n) is 2.59. The summed E-state index contributed by atoms with van der Waals surface area (Å²) in [6.07, 6.45) is 10.3. The van der Waals surface area contributed by atoms with E-state index in [4.69, 9.17) is 4.98 Å². The van der Waals surface area contributed by atoms with Crippen molar-refractivity contribution in [2.45, 2.75) is 57.7 Å². The zero-order valence-corrected chi connectivity index (χ0v) is 11.1. The fraction of sp³-hybridized carbons (Fsp3) is 0.714. The zero-order chi connectivity index (χ0) is 12.4. The van der Waals surface area contributed by atoms with Crippen molar-refractivity contribution in [3.63, 3.8) is 0 Å². The molecule has 0 radical (unpaired) electrons. The molecule has 2 aliphatic rings. The minimum Gasteiger partial charge on any atom is -0.353 e. The molecule has 0 aromatic carbocycles. The molecule has 98 valence electrons. The van der Waals surface area contributed by atoms with Gasteiger partial charge in [0.2, 0.25) is 0 Å². The minimum absolute atomic E-state index is 0.597. The number of anilines is 1. The second-order valence-electron chi connectivity index (χ2n) is 5.56. The van der Waals surface area contributed by atoms with E-state index in [-0.39, 0.29) is 0 Å². The smallest absolute Gasteiger partial charge is 0.147 e. The lowest BCUT2D eigenvalue weighted by atomic mass is 10.0. The summed E-state index contributed by atoms with van der Waals surface area (Å²) in [7, 11) is 0. The first-order chi connectivity index (χ1) is 8.83. The highest BCUT2D eigenvalue weighted by Crippen LogP contribution is 2.23. The summed E-state index contributed by atoms with van der Waals surface area (Å²) >= 11 is 0. The lowest BCUT2D eigenvalue weighted by molar-refractivity contribution is 0.480. The van der Waals surface area contributed by atoms with Crippen LogP contribution in [0.2, 0.25) is 0 Å². The Morgan fingerprint density at radius 1 is 1.28 bits per heavy atom. The van der Waals surface area contributed by atoms with Gasteiger partial charge in [-0.1, -0.05) is 0 Å². The molecule has 1 aromatic rings. The number of rotatable bonds is 4. The maximum Gasteiger partial charge on any atom is 0.147 e. The molecule has 18 heavy (non-hydrogen) atoms. The highest BCUT2D eigenvalue weighted by molar-refractivity contribution is 5.38. The fourth-order valence-corrected chi connectivity index (χ4v) is 2.59. The van der Waals surface area contributed by atoms with Crippen molar-refractivity contribution < 1.29 is 0 Å². The van der Waals surface area contributed by atoms with E-state index in [0.717, 1.165) is 30.6 Å². The molecule has 2 fully saturated rings. The van der Waals surface area contributed by atoms with Gasteiger partial charge in [-0.05, 0) is 39.0 Å². The van der Waals surface area contributed by atoms with Gasteiger partial charge < -0.3 is 10.2 Å². The Morgan fingerprint density at radius 3 is 2.94 bits per heavy atom. The average molecular weight is 246 g/mol. The summed E-state index contributed by atoms with van der Waals surface area (Å²) in [5.74, 6) is 1.05. The van der Waals surface area contributed by atoms with E-state index in [1.54, 1.807) is 0 Å². The van der Waals surface area contributed by atoms with Gasteiger partial charge in [0.15, 0.2) is 0 Å². The molecule has 0 bridgehead atoms. The van der Waals surface area contributed by atoms with Gasteiger partial charge in [-0.15, -0.1) is 0 Å². The Bertz CT molecular complexity index is 403. The predicted molar refractivity (Wildman–Crippen MR) is 72.6 cm³/mol. The van der Waals surface area contributed by atoms with Gasteiger partial charge in [0.25, 0.3) is 0 Å². The molecule has 4 heteroatoms. The minimum atomic E-state index is 0.597. The Morgan fingerprint density at radius 2 is 2.17 bits per heavy atom. The van der Waals surface area contributed by atoms with E-state index >= 15 is 0 Å². The van der Waals surface area contributed by atoms with Crippen LogP contribution in [0.5, 0.6) is 0 Å². The number of nitrogens with one attached hydrogen (secondary N) is 1. The molecule has 3 rings (SSSR count). The summed E-state index contributed by atoms with van der Waals surface area (Å²) < 4.78 is 0. The largest absolute Gasteiger partial charge is 0.353 e. The zero-order valence-electron chi connectivity index (χ0n) is 11.1. The van der Waals surface area contributed by atoms with Gasteiger partial charge in [0.1, 0.15) is 5.82 Å². The quantitative estimate of drug-likeness (QED) is 0.883. The lowest BCUT2D eigenvalue weighted by Gasteiger charge is -2.34. The molecule has 0 spiro atoms. The molecule has 1 unspecified atom stereocenters. The molecular weight excluding hydrogens is 224 g/mol. The number of hydrogen-bond donors (Lipinski definition) is 1. The predicted octanol–water partition coefficient (Wildman–Crippen LogP) is 2.11. The average Bonchev–Trinajstić information content (AvgIpc) is 3.21. The summed E-state index contributed by atoms with van der Waals surface area (Å²) in [5, 5.41) is 3.49. The van der Waals surface area contributed by atoms with Gasteiger partial charge >= 0.3 is 0 Å². The van der Waals surface area contributed by atoms with E-state index in [9.17, 15) is 0 Å². The van der Waals surface area contributed by atoms with Gasteiger partial charge in [-0.3, -0.25) is 4.98 Å². The first kappa shape index (κ1) is 11.9. The van der Waals surface area contributed by atoms with Crippen molar-refractivity contribution in [3.05, 3.63) is 18.1 Å². The van der Waals surface area contributed by atoms with Crippen LogP contribution in [-0.2, 0) is 6.54 Å². The SMILES string of the molecule is CC1CCCCN1c1cncc(CNC2CC2)n1. The molecule has 1 atom stereocenters. The van der Waals surface area contributed by atoms with Crippen LogP contribution in [0.1, 0.15) is 44.7 Å². The van der Waals surface area contributed by atoms with E-state index < -0.39 is 0 Å². The van der Waals surface area contributed by atoms with Gasteiger partial charge in [-0.2, -0.15) is 0 Å². The van der Waals surface area contributed by atoms with Crippen molar-refractivity contribution in [3.8, 4) is 0 Å². The molecule has 4 nitrogen and oxygen atoms in total. The van der Waals surface area contributed by atoms with Crippen LogP contribution in [0.4, 0.5) is 5.82 Å². The van der Waals surface area contributed by atoms with Crippen LogP contribution < -0.4 is 10.2 Å². The summed E-state index contributed by atoms with van der Waals surface area (Å²) in [4.78, 5) is 11.5. The van der Waals surface area contributed by atoms with Gasteiger partial charge in [-0.25, -0.2) is 4.98 Å². The number of nitrogens with zero attached hydrogens (tertiary/aromatic N) is 3. The molecule has 1 N–H and O–H groups in total. The Balaban J connectivity index is 1.68. The Hall–Kier alpha value is -1.16. The van der Waals surface area contributed by atoms with Gasteiger partial charge in [0, 0.05) is 31.4 Å². The second-order valence-corrected chi connectivity index (χ2v) is 5.56. The third kappa shape index (κ3) is 2.80. The topological polar surface area (TPSA) is 41.1 Å². The van der Waals surface area contributed by atoms with E-state index in [0.29, 0.717) is 6.04 Å². The van der Waals surface area contributed by atoms with E-state index in [1.165, 1.54) is 32.1 Å². The summed E-state index contributed by atoms with van der Waals surface area (Å²) in [6.45, 7) is 4.26. The monoisotopic (exact) mass is 246 g/mol. The highest BCUT2D eigenvalue weighted by atomic mass is 15.2.